The Labute approximate surface area is 329 Å². The molecule has 0 bridgehead atoms. The zero-order chi connectivity index (χ0) is 40.5. The molecular formula is C37H57F5N2O8S2Si. The van der Waals surface area contributed by atoms with Crippen molar-refractivity contribution in [3.8, 4) is 0 Å². The molecule has 0 spiro atoms. The van der Waals surface area contributed by atoms with E-state index in [0.717, 1.165) is 50.0 Å². The Kier molecular flexibility index (Phi) is 18.6. The van der Waals surface area contributed by atoms with E-state index in [1.54, 1.807) is 39.0 Å². The molecule has 3 aliphatic heterocycles. The van der Waals surface area contributed by atoms with E-state index in [0.29, 0.717) is 37.4 Å². The van der Waals surface area contributed by atoms with Crippen molar-refractivity contribution in [2.24, 2.45) is 0 Å². The number of nitrogens with one attached hydrogen (secondary N) is 1. The first-order chi connectivity index (χ1) is 25.0. The van der Waals surface area contributed by atoms with Gasteiger partial charge in [0.2, 0.25) is 8.32 Å². The number of nitrogens with zero attached hydrogens (tertiary/aromatic N) is 1. The molecule has 10 nitrogen and oxygen atoms in total. The number of aliphatic hydroxyl groups excluding tert-OH is 2. The van der Waals surface area contributed by atoms with Crippen LogP contribution in [0.25, 0.3) is 0 Å². The van der Waals surface area contributed by atoms with E-state index in [1.165, 1.54) is 48.7 Å². The lowest BCUT2D eigenvalue weighted by molar-refractivity contribution is -0.0503. The van der Waals surface area contributed by atoms with Gasteiger partial charge in [0.25, 0.3) is 0 Å². The van der Waals surface area contributed by atoms with E-state index in [9.17, 15) is 40.3 Å². The number of amides is 1. The Balaban J connectivity index is 0.000000303. The molecule has 314 valence electrons. The molecule has 18 heteroatoms. The number of ether oxygens (including phenoxy) is 2. The summed E-state index contributed by atoms with van der Waals surface area (Å²) < 4.78 is 98.2. The van der Waals surface area contributed by atoms with Crippen molar-refractivity contribution in [3.05, 3.63) is 70.3 Å². The summed E-state index contributed by atoms with van der Waals surface area (Å²) >= 11 is 0. The largest absolute Gasteiger partial charge is 0.522 e. The highest BCUT2D eigenvalue weighted by atomic mass is 32.2. The molecular weight excluding hydrogens is 788 g/mol. The minimum atomic E-state index is -5.39. The van der Waals surface area contributed by atoms with E-state index in [1.807, 2.05) is 6.07 Å². The molecule has 0 radical (unpaired) electrons. The number of carbonyl (C=O) groups is 1. The minimum Gasteiger partial charge on any atom is -0.444 e. The van der Waals surface area contributed by atoms with Gasteiger partial charge in [-0.15, -0.1) is 0 Å². The summed E-state index contributed by atoms with van der Waals surface area (Å²) in [6.07, 6.45) is 5.41. The molecule has 5 rings (SSSR count). The maximum atomic E-state index is 13.7. The smallest absolute Gasteiger partial charge is 0.444 e. The summed E-state index contributed by atoms with van der Waals surface area (Å²) in [5.74, 6) is -0.583. The molecule has 2 aromatic carbocycles. The highest BCUT2D eigenvalue weighted by Crippen LogP contribution is 2.34. The summed E-state index contributed by atoms with van der Waals surface area (Å²) in [4.78, 5) is 14.0. The Morgan fingerprint density at radius 2 is 1.69 bits per heavy atom. The van der Waals surface area contributed by atoms with Gasteiger partial charge in [-0.2, -0.15) is 35.1 Å². The van der Waals surface area contributed by atoms with Crippen LogP contribution < -0.4 is 5.32 Å². The zero-order valence-electron chi connectivity index (χ0n) is 32.3. The normalized spacial score (nSPS) is 20.8. The van der Waals surface area contributed by atoms with Crippen molar-refractivity contribution >= 4 is 38.0 Å². The number of carbonyl (C=O) groups excluding carboxylic acids is 1. The third-order valence-electron chi connectivity index (χ3n) is 8.73. The number of aliphatic hydroxyl groups is 2. The van der Waals surface area contributed by atoms with Crippen molar-refractivity contribution < 1.29 is 58.7 Å². The first kappa shape index (κ1) is 48.8. The molecule has 2 unspecified atom stereocenters. The van der Waals surface area contributed by atoms with Crippen LogP contribution in [0.1, 0.15) is 93.8 Å². The molecule has 3 heterocycles. The van der Waals surface area contributed by atoms with Crippen molar-refractivity contribution in [2.75, 3.05) is 26.3 Å². The van der Waals surface area contributed by atoms with E-state index < -0.39 is 53.6 Å². The minimum absolute atomic E-state index is 0. The number of likely N-dealkylation sites (tertiary alicyclic amines) is 1. The van der Waals surface area contributed by atoms with Gasteiger partial charge in [-0.1, -0.05) is 12.1 Å². The third-order valence-corrected chi connectivity index (χ3v) is 12.2. The lowest BCUT2D eigenvalue weighted by Gasteiger charge is -2.32. The molecule has 4 atom stereocenters. The van der Waals surface area contributed by atoms with Crippen LogP contribution in [-0.4, -0.2) is 87.4 Å². The van der Waals surface area contributed by atoms with Crippen molar-refractivity contribution in [1.29, 1.82) is 0 Å². The highest BCUT2D eigenvalue weighted by molar-refractivity contribution is 7.88. The van der Waals surface area contributed by atoms with E-state index in [2.05, 4.69) is 9.19 Å². The molecule has 0 aliphatic carbocycles. The molecule has 3 aliphatic rings. The quantitative estimate of drug-likeness (QED) is 0.140. The van der Waals surface area contributed by atoms with Gasteiger partial charge in [-0.05, 0) is 145 Å². The second-order valence-electron chi connectivity index (χ2n) is 15.5. The molecule has 2 saturated heterocycles. The first-order valence-electron chi connectivity index (χ1n) is 18.2. The number of hydrogen-bond acceptors (Lipinski definition) is 9. The molecule has 3 N–H and O–H groups in total. The molecule has 0 saturated carbocycles. The average Bonchev–Trinajstić information content (AvgIpc) is 3.72. The number of benzene rings is 2. The van der Waals surface area contributed by atoms with E-state index in [4.69, 9.17) is 14.6 Å². The van der Waals surface area contributed by atoms with Crippen molar-refractivity contribution in [2.45, 2.75) is 127 Å². The van der Waals surface area contributed by atoms with Gasteiger partial charge in [0.1, 0.15) is 17.2 Å². The lowest BCUT2D eigenvalue weighted by atomic mass is 9.93. The van der Waals surface area contributed by atoms with Gasteiger partial charge in [-0.3, -0.25) is 0 Å². The zero-order valence-corrected chi connectivity index (χ0v) is 35.2. The summed E-state index contributed by atoms with van der Waals surface area (Å²) in [7, 11) is -8.10. The summed E-state index contributed by atoms with van der Waals surface area (Å²) in [5.41, 5.74) is -2.34. The van der Waals surface area contributed by atoms with Crippen LogP contribution in [-0.2, 0) is 36.3 Å². The van der Waals surface area contributed by atoms with Crippen LogP contribution in [0.2, 0.25) is 19.6 Å². The van der Waals surface area contributed by atoms with Crippen molar-refractivity contribution in [3.63, 3.8) is 0 Å². The molecule has 1 amide bonds. The average molecular weight is 845 g/mol. The number of rotatable bonds is 8. The van der Waals surface area contributed by atoms with Crippen molar-refractivity contribution in [1.82, 2.24) is 10.2 Å². The molecule has 55 heavy (non-hydrogen) atoms. The SMILES string of the molecule is CC(C)(C)OC(=O)N1CCC[C@H]1C(O)c1cc(F)ccc1CCCO.C[Si](C)(C)OS(=O)(=O)C(F)(F)F.Fc1ccc2c(c1)C([C@@H]1CCCN1)OCCC2.S. The van der Waals surface area contributed by atoms with Gasteiger partial charge in [0.05, 0.1) is 18.2 Å². The fourth-order valence-corrected chi connectivity index (χ4v) is 9.52. The fourth-order valence-electron chi connectivity index (χ4n) is 6.51. The van der Waals surface area contributed by atoms with E-state index >= 15 is 0 Å². The Morgan fingerprint density at radius 3 is 2.25 bits per heavy atom. The van der Waals surface area contributed by atoms with Gasteiger partial charge in [0.15, 0.2) is 0 Å². The van der Waals surface area contributed by atoms with Crippen LogP contribution in [0.3, 0.4) is 0 Å². The number of alkyl halides is 3. The predicted octanol–water partition coefficient (Wildman–Crippen LogP) is 7.57. The Bertz CT molecular complexity index is 1630. The second kappa shape index (κ2) is 20.9. The van der Waals surface area contributed by atoms with Gasteiger partial charge in [-0.25, -0.2) is 13.6 Å². The highest BCUT2D eigenvalue weighted by Gasteiger charge is 2.49. The van der Waals surface area contributed by atoms with Crippen LogP contribution in [0.15, 0.2) is 36.4 Å². The maximum Gasteiger partial charge on any atom is 0.522 e. The number of halogens is 5. The number of fused-ring (bicyclic) bond motifs is 1. The molecule has 2 aromatic rings. The number of aryl methyl sites for hydroxylation is 2. The predicted molar refractivity (Wildman–Crippen MR) is 207 cm³/mol. The summed E-state index contributed by atoms with van der Waals surface area (Å²) in [6.45, 7) is 11.8. The topological polar surface area (TPSA) is 135 Å². The fraction of sp³-hybridized carbons (Fsp3) is 0.649. The maximum absolute atomic E-state index is 13.7. The number of hydrogen-bond donors (Lipinski definition) is 3. The van der Waals surface area contributed by atoms with Crippen LogP contribution in [0, 0.1) is 11.6 Å². The van der Waals surface area contributed by atoms with Gasteiger partial charge < -0.3 is 33.8 Å². The first-order valence-corrected chi connectivity index (χ1v) is 23.1. The summed E-state index contributed by atoms with van der Waals surface area (Å²) in [5, 5.41) is 23.4. The standard InChI is InChI=1S/C19H28FNO4.C14H18FNO.C4H9F3O3SSi.H2S/c1-19(2,3)25-18(24)21-10-4-7-16(21)17(23)15-12-14(20)9-8-13(15)6-5-11-22;15-11-6-5-10-3-2-8-17-14(12(10)9-11)13-4-1-7-16-13;1-12(2,3)10-11(8,9)4(5,6)7;/h8-9,12,16-17,22-23H,4-7,10-11H2,1-3H3;5-6,9,13-14,16H,1-4,7-8H2;1-3H3;1H2/t16-,17?;13-,14?;;/m00../s1. The van der Waals surface area contributed by atoms with Crippen LogP contribution in [0.4, 0.5) is 26.7 Å². The van der Waals surface area contributed by atoms with Crippen LogP contribution >= 0.6 is 13.5 Å². The Hall–Kier alpha value is -2.32. The summed E-state index contributed by atoms with van der Waals surface area (Å²) in [6, 6.07) is 9.36. The lowest BCUT2D eigenvalue weighted by Crippen LogP contribution is -2.42. The monoisotopic (exact) mass is 844 g/mol. The van der Waals surface area contributed by atoms with E-state index in [-0.39, 0.29) is 32.0 Å². The molecule has 0 aromatic heterocycles. The van der Waals surface area contributed by atoms with Crippen LogP contribution in [0.5, 0.6) is 0 Å². The third kappa shape index (κ3) is 15.2. The van der Waals surface area contributed by atoms with Gasteiger partial charge >= 0.3 is 21.7 Å². The second-order valence-corrected chi connectivity index (χ2v) is 21.8. The molecule has 2 fully saturated rings. The van der Waals surface area contributed by atoms with Gasteiger partial charge in [0, 0.05) is 25.8 Å². The Morgan fingerprint density at radius 1 is 1.04 bits per heavy atom.